The van der Waals surface area contributed by atoms with Crippen molar-refractivity contribution in [2.75, 3.05) is 0 Å². The molecule has 1 heterocycles. The highest BCUT2D eigenvalue weighted by molar-refractivity contribution is 5.94. The fourth-order valence-corrected chi connectivity index (χ4v) is 2.83. The number of esters is 1. The van der Waals surface area contributed by atoms with Crippen LogP contribution in [0.1, 0.15) is 40.9 Å². The van der Waals surface area contributed by atoms with Gasteiger partial charge in [-0.2, -0.15) is 0 Å². The quantitative estimate of drug-likeness (QED) is 0.530. The molecule has 1 aliphatic heterocycles. The summed E-state index contributed by atoms with van der Waals surface area (Å²) in [6, 6.07) is 5.91. The van der Waals surface area contributed by atoms with E-state index in [9.17, 15) is 4.79 Å². The number of aryl methyl sites for hydroxylation is 1. The maximum atomic E-state index is 11.7. The van der Waals surface area contributed by atoms with Gasteiger partial charge in [-0.1, -0.05) is 24.3 Å². The second-order valence-corrected chi connectivity index (χ2v) is 4.70. The van der Waals surface area contributed by atoms with E-state index in [0.29, 0.717) is 5.92 Å². The summed E-state index contributed by atoms with van der Waals surface area (Å²) in [7, 11) is 0. The summed E-state index contributed by atoms with van der Waals surface area (Å²) in [5, 5.41) is 0. The molecule has 0 saturated carbocycles. The zero-order valence-electron chi connectivity index (χ0n) is 9.32. The predicted octanol–water partition coefficient (Wildman–Crippen LogP) is 3.04. The highest BCUT2D eigenvalue weighted by Crippen LogP contribution is 2.46. The van der Waals surface area contributed by atoms with Crippen molar-refractivity contribution in [1.29, 1.82) is 0 Å². The third kappa shape index (κ3) is 1.16. The van der Waals surface area contributed by atoms with Crippen LogP contribution in [-0.4, -0.2) is 5.97 Å². The van der Waals surface area contributed by atoms with Crippen molar-refractivity contribution >= 4 is 5.97 Å². The van der Waals surface area contributed by atoms with Crippen LogP contribution in [0.15, 0.2) is 30.4 Å². The van der Waals surface area contributed by atoms with Crippen molar-refractivity contribution < 1.29 is 9.53 Å². The molecular formula is C14H14O2. The minimum Gasteiger partial charge on any atom is -0.453 e. The van der Waals surface area contributed by atoms with Gasteiger partial charge in [0.15, 0.2) is 0 Å². The molecule has 0 saturated heterocycles. The smallest absolute Gasteiger partial charge is 0.339 e. The van der Waals surface area contributed by atoms with Gasteiger partial charge < -0.3 is 4.74 Å². The molecular weight excluding hydrogens is 200 g/mol. The van der Waals surface area contributed by atoms with Crippen molar-refractivity contribution in [2.45, 2.75) is 25.9 Å². The van der Waals surface area contributed by atoms with Gasteiger partial charge >= 0.3 is 5.97 Å². The minimum absolute atomic E-state index is 0.0788. The average Bonchev–Trinajstić information content (AvgIpc) is 2.59. The van der Waals surface area contributed by atoms with Crippen molar-refractivity contribution in [3.8, 4) is 0 Å². The SMILES string of the molecule is C=C(C)[C@H]1CCc2cccc3c2[C@@H]1OC3=O. The molecule has 1 aliphatic carbocycles. The maximum Gasteiger partial charge on any atom is 0.339 e. The Morgan fingerprint density at radius 2 is 2.31 bits per heavy atom. The van der Waals surface area contributed by atoms with E-state index in [0.717, 1.165) is 29.5 Å². The van der Waals surface area contributed by atoms with Crippen LogP contribution in [0.3, 0.4) is 0 Å². The van der Waals surface area contributed by atoms with Crippen LogP contribution >= 0.6 is 0 Å². The van der Waals surface area contributed by atoms with Crippen molar-refractivity contribution in [3.05, 3.63) is 47.0 Å². The fourth-order valence-electron chi connectivity index (χ4n) is 2.83. The van der Waals surface area contributed by atoms with Gasteiger partial charge in [0.2, 0.25) is 0 Å². The first-order valence-electron chi connectivity index (χ1n) is 5.66. The predicted molar refractivity (Wildman–Crippen MR) is 61.2 cm³/mol. The number of carbonyl (C=O) groups excluding carboxylic acids is 1. The molecule has 0 fully saturated rings. The molecule has 1 aromatic rings. The summed E-state index contributed by atoms with van der Waals surface area (Å²) in [5.41, 5.74) is 4.26. The number of ether oxygens (including phenoxy) is 1. The summed E-state index contributed by atoms with van der Waals surface area (Å²) in [6.45, 7) is 6.03. The lowest BCUT2D eigenvalue weighted by Crippen LogP contribution is -2.20. The van der Waals surface area contributed by atoms with Crippen molar-refractivity contribution in [3.63, 3.8) is 0 Å². The summed E-state index contributed by atoms with van der Waals surface area (Å²) < 4.78 is 5.49. The number of hydrogen-bond donors (Lipinski definition) is 0. The van der Waals surface area contributed by atoms with Crippen LogP contribution in [0.5, 0.6) is 0 Å². The fraction of sp³-hybridized carbons (Fsp3) is 0.357. The third-order valence-electron chi connectivity index (χ3n) is 3.66. The Morgan fingerprint density at radius 1 is 1.50 bits per heavy atom. The van der Waals surface area contributed by atoms with E-state index in [2.05, 4.69) is 12.6 Å². The summed E-state index contributed by atoms with van der Waals surface area (Å²) >= 11 is 0. The first kappa shape index (κ1) is 9.64. The third-order valence-corrected chi connectivity index (χ3v) is 3.66. The van der Waals surface area contributed by atoms with Gasteiger partial charge in [-0.15, -0.1) is 0 Å². The Labute approximate surface area is 94.9 Å². The molecule has 3 rings (SSSR count). The molecule has 2 aliphatic rings. The molecule has 2 heteroatoms. The largest absolute Gasteiger partial charge is 0.453 e. The van der Waals surface area contributed by atoms with Crippen LogP contribution in [0.25, 0.3) is 0 Å². The van der Waals surface area contributed by atoms with Crippen molar-refractivity contribution in [2.24, 2.45) is 5.92 Å². The van der Waals surface area contributed by atoms with Gasteiger partial charge in [0, 0.05) is 11.5 Å². The first-order chi connectivity index (χ1) is 7.68. The number of hydrogen-bond acceptors (Lipinski definition) is 2. The van der Waals surface area contributed by atoms with Crippen LogP contribution in [-0.2, 0) is 11.2 Å². The van der Waals surface area contributed by atoms with Gasteiger partial charge in [0.25, 0.3) is 0 Å². The monoisotopic (exact) mass is 214 g/mol. The lowest BCUT2D eigenvalue weighted by molar-refractivity contribution is 0.0254. The molecule has 2 atom stereocenters. The van der Waals surface area contributed by atoms with Gasteiger partial charge in [0.1, 0.15) is 6.10 Å². The second-order valence-electron chi connectivity index (χ2n) is 4.70. The molecule has 0 radical (unpaired) electrons. The zero-order valence-corrected chi connectivity index (χ0v) is 9.32. The molecule has 0 spiro atoms. The van der Waals surface area contributed by atoms with E-state index in [1.54, 1.807) is 0 Å². The summed E-state index contributed by atoms with van der Waals surface area (Å²) in [6.07, 6.45) is 1.97. The van der Waals surface area contributed by atoms with Gasteiger partial charge in [-0.05, 0) is 31.4 Å². The molecule has 0 N–H and O–H groups in total. The molecule has 2 nitrogen and oxygen atoms in total. The topological polar surface area (TPSA) is 26.3 Å². The Kier molecular flexibility index (Phi) is 1.93. The average molecular weight is 214 g/mol. The molecule has 0 bridgehead atoms. The van der Waals surface area contributed by atoms with E-state index in [1.165, 1.54) is 5.56 Å². The lowest BCUT2D eigenvalue weighted by atomic mass is 9.78. The zero-order chi connectivity index (χ0) is 11.3. The van der Waals surface area contributed by atoms with Crippen LogP contribution in [0.2, 0.25) is 0 Å². The molecule has 16 heavy (non-hydrogen) atoms. The molecule has 82 valence electrons. The highest BCUT2D eigenvalue weighted by atomic mass is 16.5. The van der Waals surface area contributed by atoms with E-state index < -0.39 is 0 Å². The van der Waals surface area contributed by atoms with Crippen LogP contribution < -0.4 is 0 Å². The molecule has 1 aromatic carbocycles. The number of carbonyl (C=O) groups is 1. The lowest BCUT2D eigenvalue weighted by Gasteiger charge is -2.29. The first-order valence-corrected chi connectivity index (χ1v) is 5.66. The molecule has 0 unspecified atom stereocenters. The number of benzene rings is 1. The van der Waals surface area contributed by atoms with Crippen LogP contribution in [0.4, 0.5) is 0 Å². The Morgan fingerprint density at radius 3 is 3.06 bits per heavy atom. The summed E-state index contributed by atoms with van der Waals surface area (Å²) in [4.78, 5) is 11.7. The van der Waals surface area contributed by atoms with E-state index in [-0.39, 0.29) is 12.1 Å². The Bertz CT molecular complexity index is 488. The molecule has 0 amide bonds. The van der Waals surface area contributed by atoms with Gasteiger partial charge in [-0.3, -0.25) is 0 Å². The minimum atomic E-state index is -0.171. The van der Waals surface area contributed by atoms with Gasteiger partial charge in [-0.25, -0.2) is 4.79 Å². The van der Waals surface area contributed by atoms with Crippen LogP contribution in [0, 0.1) is 5.92 Å². The standard InChI is InChI=1S/C14H14O2/c1-8(2)10-7-6-9-4-3-5-11-12(9)13(10)16-14(11)15/h3-5,10,13H,1,6-7H2,2H3/t10-,13-/m1/s1. The van der Waals surface area contributed by atoms with Crippen molar-refractivity contribution in [1.82, 2.24) is 0 Å². The Hall–Kier alpha value is -1.57. The molecule has 0 aromatic heterocycles. The van der Waals surface area contributed by atoms with Gasteiger partial charge in [0.05, 0.1) is 5.56 Å². The summed E-state index contributed by atoms with van der Waals surface area (Å²) in [5.74, 6) is 0.120. The maximum absolute atomic E-state index is 11.7. The highest BCUT2D eigenvalue weighted by Gasteiger charge is 2.40. The number of rotatable bonds is 1. The van der Waals surface area contributed by atoms with E-state index in [4.69, 9.17) is 4.74 Å². The normalized spacial score (nSPS) is 26.2. The Balaban J connectivity index is 2.16. The van der Waals surface area contributed by atoms with E-state index >= 15 is 0 Å². The second kappa shape index (κ2) is 3.21. The van der Waals surface area contributed by atoms with E-state index in [1.807, 2.05) is 19.1 Å².